The van der Waals surface area contributed by atoms with E-state index in [1.54, 1.807) is 12.4 Å². The van der Waals surface area contributed by atoms with Crippen molar-refractivity contribution in [1.29, 1.82) is 0 Å². The molecule has 0 bridgehead atoms. The molecule has 2 N–H and O–H groups in total. The highest BCUT2D eigenvalue weighted by molar-refractivity contribution is 5.99. The van der Waals surface area contributed by atoms with Gasteiger partial charge in [0.05, 0.1) is 13.2 Å². The summed E-state index contributed by atoms with van der Waals surface area (Å²) >= 11 is 0. The third-order valence-electron chi connectivity index (χ3n) is 6.57. The van der Waals surface area contributed by atoms with Crippen LogP contribution in [0.2, 0.25) is 0 Å². The molecule has 0 unspecified atom stereocenters. The summed E-state index contributed by atoms with van der Waals surface area (Å²) in [6.45, 7) is 13.1. The van der Waals surface area contributed by atoms with Crippen molar-refractivity contribution in [2.45, 2.75) is 83.8 Å². The van der Waals surface area contributed by atoms with Crippen molar-refractivity contribution in [2.24, 2.45) is 0 Å². The second-order valence-electron chi connectivity index (χ2n) is 11.0. The highest BCUT2D eigenvalue weighted by Crippen LogP contribution is 2.28. The van der Waals surface area contributed by atoms with Gasteiger partial charge in [-0.1, -0.05) is 19.3 Å². The van der Waals surface area contributed by atoms with E-state index in [4.69, 9.17) is 4.74 Å². The topological polar surface area (TPSA) is 92.7 Å². The lowest BCUT2D eigenvalue weighted by molar-refractivity contribution is -0.00923. The lowest BCUT2D eigenvalue weighted by Gasteiger charge is -2.40. The summed E-state index contributed by atoms with van der Waals surface area (Å²) in [4.78, 5) is 41.6. The number of morpholine rings is 1. The van der Waals surface area contributed by atoms with Crippen LogP contribution in [0.25, 0.3) is 0 Å². The molecule has 184 valence electrons. The summed E-state index contributed by atoms with van der Waals surface area (Å²) < 4.78 is 7.35. The first-order valence-corrected chi connectivity index (χ1v) is 12.2. The SMILES string of the molecule is CC(C)(C)NC(=O)c1cn(C2CCCCC2)cc(C(=O)NCC(C)(C)N2CCOCC2)c1=O. The summed E-state index contributed by atoms with van der Waals surface area (Å²) in [5, 5.41) is 5.82. The Labute approximate surface area is 197 Å². The Morgan fingerprint density at radius 2 is 1.55 bits per heavy atom. The van der Waals surface area contributed by atoms with Crippen LogP contribution >= 0.6 is 0 Å². The number of aromatic nitrogens is 1. The van der Waals surface area contributed by atoms with E-state index < -0.39 is 22.8 Å². The molecular formula is C25H40N4O4. The van der Waals surface area contributed by atoms with Crippen molar-refractivity contribution in [3.8, 4) is 0 Å². The maximum absolute atomic E-state index is 13.2. The van der Waals surface area contributed by atoms with Crippen LogP contribution in [0.15, 0.2) is 17.2 Å². The smallest absolute Gasteiger partial charge is 0.257 e. The standard InChI is InChI=1S/C25H40N4O4/c1-24(2,3)27-23(32)20-16-28(18-9-7-6-8-10-18)15-19(21(20)30)22(31)26-17-25(4,5)29-11-13-33-14-12-29/h15-16,18H,6-14,17H2,1-5H3,(H,26,31)(H,27,32). The molecule has 33 heavy (non-hydrogen) atoms. The van der Waals surface area contributed by atoms with Crippen LogP contribution in [0.1, 0.15) is 93.5 Å². The molecule has 0 spiro atoms. The minimum Gasteiger partial charge on any atom is -0.379 e. The van der Waals surface area contributed by atoms with Gasteiger partial charge in [-0.3, -0.25) is 19.3 Å². The summed E-state index contributed by atoms with van der Waals surface area (Å²) in [6.07, 6.45) is 8.64. The summed E-state index contributed by atoms with van der Waals surface area (Å²) in [7, 11) is 0. The molecule has 2 heterocycles. The highest BCUT2D eigenvalue weighted by atomic mass is 16.5. The first-order valence-electron chi connectivity index (χ1n) is 12.2. The van der Waals surface area contributed by atoms with Crippen molar-refractivity contribution < 1.29 is 14.3 Å². The Morgan fingerprint density at radius 1 is 0.970 bits per heavy atom. The zero-order valence-electron chi connectivity index (χ0n) is 20.8. The van der Waals surface area contributed by atoms with Crippen molar-refractivity contribution >= 4 is 11.8 Å². The monoisotopic (exact) mass is 460 g/mol. The summed E-state index contributed by atoms with van der Waals surface area (Å²) in [6, 6.07) is 0.192. The molecule has 1 aliphatic heterocycles. The number of pyridine rings is 1. The fraction of sp³-hybridized carbons (Fsp3) is 0.720. The number of carbonyl (C=O) groups excluding carboxylic acids is 2. The molecule has 0 atom stereocenters. The van der Waals surface area contributed by atoms with Gasteiger partial charge in [-0.25, -0.2) is 0 Å². The number of carbonyl (C=O) groups is 2. The van der Waals surface area contributed by atoms with Crippen molar-refractivity contribution in [3.63, 3.8) is 0 Å². The van der Waals surface area contributed by atoms with E-state index in [2.05, 4.69) is 29.4 Å². The van der Waals surface area contributed by atoms with Crippen molar-refractivity contribution in [2.75, 3.05) is 32.8 Å². The minimum absolute atomic E-state index is 0.0237. The predicted octanol–water partition coefficient (Wildman–Crippen LogP) is 2.72. The molecule has 2 fully saturated rings. The van der Waals surface area contributed by atoms with Gasteiger partial charge in [-0.05, 0) is 47.5 Å². The molecule has 1 saturated carbocycles. The van der Waals surface area contributed by atoms with Gasteiger partial charge in [-0.2, -0.15) is 0 Å². The average molecular weight is 461 g/mol. The first-order chi connectivity index (χ1) is 15.5. The van der Waals surface area contributed by atoms with Gasteiger partial charge in [0.25, 0.3) is 11.8 Å². The van der Waals surface area contributed by atoms with Gasteiger partial charge in [0.2, 0.25) is 5.43 Å². The molecule has 0 radical (unpaired) electrons. The Kier molecular flexibility index (Phi) is 8.00. The largest absolute Gasteiger partial charge is 0.379 e. The van der Waals surface area contributed by atoms with Crippen molar-refractivity contribution in [1.82, 2.24) is 20.1 Å². The van der Waals surface area contributed by atoms with E-state index >= 15 is 0 Å². The summed E-state index contributed by atoms with van der Waals surface area (Å²) in [5.41, 5.74) is -1.23. The van der Waals surface area contributed by atoms with Gasteiger partial charge in [-0.15, -0.1) is 0 Å². The van der Waals surface area contributed by atoms with Crippen LogP contribution < -0.4 is 16.1 Å². The number of rotatable bonds is 6. The van der Waals surface area contributed by atoms with Crippen molar-refractivity contribution in [3.05, 3.63) is 33.7 Å². The molecule has 1 aliphatic carbocycles. The molecule has 2 amide bonds. The number of nitrogens with zero attached hydrogens (tertiary/aromatic N) is 2. The van der Waals surface area contributed by atoms with Crippen LogP contribution in [-0.4, -0.2) is 65.2 Å². The number of amides is 2. The minimum atomic E-state index is -0.523. The van der Waals surface area contributed by atoms with Gasteiger partial charge in [0, 0.05) is 49.1 Å². The van der Waals surface area contributed by atoms with E-state index in [9.17, 15) is 14.4 Å². The Hall–Kier alpha value is -2.19. The Morgan fingerprint density at radius 3 is 2.12 bits per heavy atom. The maximum atomic E-state index is 13.2. The number of nitrogens with one attached hydrogen (secondary N) is 2. The zero-order chi connectivity index (χ0) is 24.2. The van der Waals surface area contributed by atoms with E-state index in [0.717, 1.165) is 38.8 Å². The third-order valence-corrected chi connectivity index (χ3v) is 6.57. The van der Waals surface area contributed by atoms with Gasteiger partial charge >= 0.3 is 0 Å². The number of hydrogen-bond donors (Lipinski definition) is 2. The van der Waals surface area contributed by atoms with Gasteiger partial charge in [0.15, 0.2) is 0 Å². The predicted molar refractivity (Wildman–Crippen MR) is 129 cm³/mol. The fourth-order valence-corrected chi connectivity index (χ4v) is 4.59. The first kappa shape index (κ1) is 25.4. The maximum Gasteiger partial charge on any atom is 0.257 e. The van der Waals surface area contributed by atoms with E-state index in [1.807, 2.05) is 25.3 Å². The third kappa shape index (κ3) is 6.67. The van der Waals surface area contributed by atoms with Crippen LogP contribution in [0.4, 0.5) is 0 Å². The molecule has 1 aromatic heterocycles. The Balaban J connectivity index is 1.86. The molecule has 8 heteroatoms. The van der Waals surface area contributed by atoms with Crippen LogP contribution in [0.5, 0.6) is 0 Å². The molecular weight excluding hydrogens is 420 g/mol. The van der Waals surface area contributed by atoms with Gasteiger partial charge in [0.1, 0.15) is 11.1 Å². The van der Waals surface area contributed by atoms with Crippen LogP contribution in [0, 0.1) is 0 Å². The molecule has 1 saturated heterocycles. The quantitative estimate of drug-likeness (QED) is 0.681. The van der Waals surface area contributed by atoms with Crippen LogP contribution in [-0.2, 0) is 4.74 Å². The normalized spacial score (nSPS) is 18.7. The lowest BCUT2D eigenvalue weighted by atomic mass is 9.95. The Bertz CT molecular complexity index is 904. The van der Waals surface area contributed by atoms with E-state index in [-0.39, 0.29) is 22.7 Å². The van der Waals surface area contributed by atoms with Gasteiger partial charge < -0.3 is 19.9 Å². The van der Waals surface area contributed by atoms with E-state index in [1.165, 1.54) is 6.42 Å². The van der Waals surface area contributed by atoms with Crippen LogP contribution in [0.3, 0.4) is 0 Å². The molecule has 0 aromatic carbocycles. The summed E-state index contributed by atoms with van der Waals surface area (Å²) in [5.74, 6) is -0.878. The number of hydrogen-bond acceptors (Lipinski definition) is 5. The fourth-order valence-electron chi connectivity index (χ4n) is 4.59. The van der Waals surface area contributed by atoms with E-state index in [0.29, 0.717) is 19.8 Å². The number of ether oxygens (including phenoxy) is 1. The lowest BCUT2D eigenvalue weighted by Crippen LogP contribution is -2.55. The zero-order valence-corrected chi connectivity index (χ0v) is 20.8. The second-order valence-corrected chi connectivity index (χ2v) is 11.0. The highest BCUT2D eigenvalue weighted by Gasteiger charge is 2.30. The second kappa shape index (κ2) is 10.4. The average Bonchev–Trinajstić information content (AvgIpc) is 2.77. The molecule has 3 rings (SSSR count). The molecule has 1 aromatic rings. The molecule has 8 nitrogen and oxygen atoms in total. The molecule has 2 aliphatic rings.